The SMILES string of the molecule is CO[C@H]1C[C@@H]2CC[C@@H](C)[C@@](O)(O2)C(=O)C(=O)N2CCCC[C@H]2C(=O)O[C@H]([C@H](C)C[C@@H]2CC[C@@H](OC(=O)C(C)(CO)CO)[C@H](OC)C2)CC(=O)[C@H](C)/C=C(/C)[C@@H](O)[C@@H](OC)C(=O)[C@H](C)C[C@H](C)/C=C/C=CC=C1C. The number of esters is 2. The van der Waals surface area contributed by atoms with E-state index in [1.54, 1.807) is 40.9 Å². The van der Waals surface area contributed by atoms with E-state index in [1.807, 2.05) is 51.2 Å². The third kappa shape index (κ3) is 16.0. The van der Waals surface area contributed by atoms with Gasteiger partial charge in [-0.3, -0.25) is 24.0 Å². The van der Waals surface area contributed by atoms with Gasteiger partial charge in [0.15, 0.2) is 5.78 Å². The first-order valence-corrected chi connectivity index (χ1v) is 26.4. The lowest BCUT2D eigenvalue weighted by molar-refractivity contribution is -0.265. The van der Waals surface area contributed by atoms with E-state index in [1.165, 1.54) is 21.1 Å². The Balaban J connectivity index is 1.69. The van der Waals surface area contributed by atoms with Crippen LogP contribution < -0.4 is 0 Å². The van der Waals surface area contributed by atoms with Crippen molar-refractivity contribution in [3.05, 3.63) is 47.6 Å². The average molecular weight is 1030 g/mol. The van der Waals surface area contributed by atoms with Gasteiger partial charge in [-0.25, -0.2) is 4.79 Å². The number of fused-ring (bicyclic) bond motifs is 3. The van der Waals surface area contributed by atoms with Crippen molar-refractivity contribution in [2.75, 3.05) is 41.1 Å². The van der Waals surface area contributed by atoms with E-state index >= 15 is 0 Å². The van der Waals surface area contributed by atoms with Crippen LogP contribution in [0, 0.1) is 40.9 Å². The fourth-order valence-electron chi connectivity index (χ4n) is 10.7. The van der Waals surface area contributed by atoms with E-state index in [9.17, 15) is 49.2 Å². The van der Waals surface area contributed by atoms with Crippen molar-refractivity contribution in [2.24, 2.45) is 40.9 Å². The van der Waals surface area contributed by atoms with Crippen molar-refractivity contribution in [1.29, 1.82) is 0 Å². The first-order valence-electron chi connectivity index (χ1n) is 26.4. The number of Topliss-reactive ketones (excluding diaryl/α,β-unsaturated/α-hetero) is 3. The number of piperidine rings is 1. The first kappa shape index (κ1) is 61.6. The highest BCUT2D eigenvalue weighted by molar-refractivity contribution is 6.39. The Morgan fingerprint density at radius 3 is 2.21 bits per heavy atom. The van der Waals surface area contributed by atoms with Gasteiger partial charge in [0.25, 0.3) is 11.7 Å². The van der Waals surface area contributed by atoms with Crippen LogP contribution in [0.25, 0.3) is 0 Å². The Morgan fingerprint density at radius 2 is 1.56 bits per heavy atom. The van der Waals surface area contributed by atoms with Crippen LogP contribution in [0.2, 0.25) is 0 Å². The summed E-state index contributed by atoms with van der Waals surface area (Å²) in [6, 6.07) is -1.20. The van der Waals surface area contributed by atoms with Crippen LogP contribution in [-0.2, 0) is 57.2 Å². The lowest BCUT2D eigenvalue weighted by Crippen LogP contribution is -2.61. The van der Waals surface area contributed by atoms with Crippen molar-refractivity contribution < 1.29 is 77.6 Å². The molecule has 2 bridgehead atoms. The molecule has 15 atom stereocenters. The Kier molecular flexibility index (Phi) is 23.9. The van der Waals surface area contributed by atoms with E-state index in [-0.39, 0.29) is 42.8 Å². The maximum atomic E-state index is 14.5. The summed E-state index contributed by atoms with van der Waals surface area (Å²) in [5, 5.41) is 43.1. The average Bonchev–Trinajstić information content (AvgIpc) is 3.37. The Labute approximate surface area is 433 Å². The second kappa shape index (κ2) is 28.3. The Hall–Kier alpha value is -3.94. The number of aliphatic hydroxyl groups is 4. The molecule has 17 heteroatoms. The first-order chi connectivity index (χ1) is 34.5. The summed E-state index contributed by atoms with van der Waals surface area (Å²) in [7, 11) is 4.43. The molecule has 0 aromatic rings. The van der Waals surface area contributed by atoms with Crippen molar-refractivity contribution in [3.63, 3.8) is 0 Å². The van der Waals surface area contributed by atoms with Gasteiger partial charge in [0, 0.05) is 58.5 Å². The van der Waals surface area contributed by atoms with Gasteiger partial charge in [-0.15, -0.1) is 0 Å². The summed E-state index contributed by atoms with van der Waals surface area (Å²) in [6.07, 6.45) is 9.76. The number of allylic oxidation sites excluding steroid dienone is 6. The van der Waals surface area contributed by atoms with Gasteiger partial charge in [0.05, 0.1) is 31.5 Å². The number of amides is 1. The maximum absolute atomic E-state index is 14.5. The molecule has 4 N–H and O–H groups in total. The predicted molar refractivity (Wildman–Crippen MR) is 271 cm³/mol. The number of methoxy groups -OCH3 is 3. The molecule has 1 amide bonds. The molecule has 2 saturated heterocycles. The minimum absolute atomic E-state index is 0.00697. The minimum atomic E-state index is -2.47. The van der Waals surface area contributed by atoms with Crippen LogP contribution in [0.4, 0.5) is 0 Å². The number of aliphatic hydroxyl groups excluding tert-OH is 3. The fourth-order valence-corrected chi connectivity index (χ4v) is 10.7. The van der Waals surface area contributed by atoms with E-state index in [0.29, 0.717) is 69.8 Å². The summed E-state index contributed by atoms with van der Waals surface area (Å²) in [5.41, 5.74) is -0.277. The summed E-state index contributed by atoms with van der Waals surface area (Å²) in [6.45, 7) is 12.7. The normalized spacial score (nSPS) is 36.3. The lowest BCUT2D eigenvalue weighted by Gasteiger charge is -2.42. The molecule has 0 unspecified atom stereocenters. The van der Waals surface area contributed by atoms with Crippen LogP contribution in [0.5, 0.6) is 0 Å². The van der Waals surface area contributed by atoms with Gasteiger partial charge in [-0.1, -0.05) is 71.1 Å². The zero-order chi connectivity index (χ0) is 54.4. The standard InChI is InChI=1S/C56H87NO16/c1-33-17-13-12-14-18-34(2)45(68-9)29-41-22-20-39(7)56(67,73-41)51(63)52(64)57-24-16-15-19-42(57)53(65)71-46(30-43(60)35(3)26-38(6)49(62)50(70-11)48(61)37(5)25-33)36(4)27-40-21-23-44(47(28-40)69-10)72-54(66)55(8,31-58)32-59/h12-14,17-18,26,33,35-37,39-42,44-47,49-50,58-59,62,67H,15-16,19-25,27-32H2,1-11H3/b14-12?,17-13+,34-18?,38-26-/t33-,35-,36-,37-,39-,40+,41+,42+,44-,45+,46+,47-,49-,50+,56-/m1/s1. The molecule has 3 aliphatic heterocycles. The highest BCUT2D eigenvalue weighted by atomic mass is 16.6. The van der Waals surface area contributed by atoms with Crippen LogP contribution in [0.1, 0.15) is 132 Å². The quantitative estimate of drug-likeness (QED) is 0.116. The van der Waals surface area contributed by atoms with Gasteiger partial charge < -0.3 is 53.7 Å². The molecule has 3 heterocycles. The number of rotatable bonds is 10. The number of ether oxygens (including phenoxy) is 6. The molecule has 1 saturated carbocycles. The number of nitrogens with zero attached hydrogens (tertiary/aromatic N) is 1. The van der Waals surface area contributed by atoms with Gasteiger partial charge in [0.1, 0.15) is 41.7 Å². The molecule has 0 aromatic carbocycles. The summed E-state index contributed by atoms with van der Waals surface area (Å²) in [4.78, 5) is 85.4. The third-order valence-corrected chi connectivity index (χ3v) is 15.9. The zero-order valence-corrected chi connectivity index (χ0v) is 45.3. The molecule has 73 heavy (non-hydrogen) atoms. The smallest absolute Gasteiger partial charge is 0.329 e. The van der Waals surface area contributed by atoms with E-state index < -0.39 is 120 Å². The van der Waals surface area contributed by atoms with Crippen molar-refractivity contribution in [3.8, 4) is 0 Å². The second-order valence-electron chi connectivity index (χ2n) is 21.8. The van der Waals surface area contributed by atoms with Gasteiger partial charge >= 0.3 is 11.9 Å². The van der Waals surface area contributed by atoms with Crippen molar-refractivity contribution in [1.82, 2.24) is 4.90 Å². The molecule has 0 spiro atoms. The van der Waals surface area contributed by atoms with Gasteiger partial charge in [0.2, 0.25) is 5.79 Å². The summed E-state index contributed by atoms with van der Waals surface area (Å²) < 4.78 is 35.4. The lowest BCUT2D eigenvalue weighted by atomic mass is 9.78. The Bertz CT molecular complexity index is 2010. The zero-order valence-electron chi connectivity index (χ0n) is 45.3. The highest BCUT2D eigenvalue weighted by Crippen LogP contribution is 2.38. The number of carbonyl (C=O) groups excluding carboxylic acids is 6. The molecule has 4 aliphatic rings. The van der Waals surface area contributed by atoms with Crippen LogP contribution in [0.15, 0.2) is 47.6 Å². The number of hydrogen-bond acceptors (Lipinski definition) is 16. The van der Waals surface area contributed by atoms with Crippen LogP contribution in [-0.4, -0.2) is 156 Å². The second-order valence-corrected chi connectivity index (χ2v) is 21.8. The Morgan fingerprint density at radius 1 is 0.863 bits per heavy atom. The molecule has 0 radical (unpaired) electrons. The molecule has 1 aliphatic carbocycles. The topological polar surface area (TPSA) is 242 Å². The van der Waals surface area contributed by atoms with Crippen molar-refractivity contribution in [2.45, 2.75) is 187 Å². The fraction of sp³-hybridized carbons (Fsp3) is 0.750. The number of hydrogen-bond donors (Lipinski definition) is 4. The molecule has 0 aromatic heterocycles. The van der Waals surface area contributed by atoms with Crippen LogP contribution in [0.3, 0.4) is 0 Å². The number of carbonyl (C=O) groups is 6. The van der Waals surface area contributed by atoms with Crippen LogP contribution >= 0.6 is 0 Å². The molecule has 17 nitrogen and oxygen atoms in total. The molecular weight excluding hydrogens is 943 g/mol. The molecular formula is C56H87NO16. The van der Waals surface area contributed by atoms with E-state index in [2.05, 4.69) is 0 Å². The minimum Gasteiger partial charge on any atom is -0.460 e. The molecule has 3 fully saturated rings. The maximum Gasteiger partial charge on any atom is 0.329 e. The summed E-state index contributed by atoms with van der Waals surface area (Å²) in [5.74, 6) is -9.36. The molecule has 412 valence electrons. The number of ketones is 3. The monoisotopic (exact) mass is 1030 g/mol. The van der Waals surface area contributed by atoms with E-state index in [0.717, 1.165) is 10.5 Å². The van der Waals surface area contributed by atoms with E-state index in [4.69, 9.17) is 28.4 Å². The van der Waals surface area contributed by atoms with Gasteiger partial charge in [-0.05, 0) is 114 Å². The predicted octanol–water partition coefficient (Wildman–Crippen LogP) is 5.72. The third-order valence-electron chi connectivity index (χ3n) is 15.9. The highest BCUT2D eigenvalue weighted by Gasteiger charge is 2.53. The van der Waals surface area contributed by atoms with Gasteiger partial charge in [-0.2, -0.15) is 0 Å². The molecule has 4 rings (SSSR count). The van der Waals surface area contributed by atoms with Crippen molar-refractivity contribution >= 4 is 35.2 Å². The number of cyclic esters (lactones) is 1. The largest absolute Gasteiger partial charge is 0.460 e. The summed E-state index contributed by atoms with van der Waals surface area (Å²) >= 11 is 0.